The van der Waals surface area contributed by atoms with Crippen LogP contribution in [0.4, 0.5) is 11.4 Å². The van der Waals surface area contributed by atoms with Crippen molar-refractivity contribution < 1.29 is 19.1 Å². The van der Waals surface area contributed by atoms with E-state index in [0.29, 0.717) is 39.6 Å². The van der Waals surface area contributed by atoms with Gasteiger partial charge in [0, 0.05) is 11.8 Å². The van der Waals surface area contributed by atoms with Gasteiger partial charge in [0.1, 0.15) is 0 Å². The first-order valence-electron chi connectivity index (χ1n) is 9.68. The summed E-state index contributed by atoms with van der Waals surface area (Å²) in [6.07, 6.45) is 2.10. The molecule has 0 unspecified atom stereocenters. The Labute approximate surface area is 181 Å². The van der Waals surface area contributed by atoms with Gasteiger partial charge in [0.15, 0.2) is 11.5 Å². The smallest absolute Gasteiger partial charge is 0.257 e. The van der Waals surface area contributed by atoms with Crippen molar-refractivity contribution in [3.63, 3.8) is 0 Å². The molecule has 2 N–H and O–H groups in total. The van der Waals surface area contributed by atoms with Crippen molar-refractivity contribution in [2.75, 3.05) is 23.2 Å². The molecule has 0 saturated heterocycles. The van der Waals surface area contributed by atoms with Crippen molar-refractivity contribution in [1.29, 1.82) is 0 Å². The number of thioether (sulfide) groups is 1. The number of carbonyl (C=O) groups excluding carboxylic acids is 2. The van der Waals surface area contributed by atoms with Crippen molar-refractivity contribution in [1.82, 2.24) is 20.2 Å². The lowest BCUT2D eigenvalue weighted by Gasteiger charge is -2.12. The van der Waals surface area contributed by atoms with Crippen molar-refractivity contribution in [2.24, 2.45) is 0 Å². The molecule has 1 fully saturated rings. The summed E-state index contributed by atoms with van der Waals surface area (Å²) in [5, 5.41) is 17.9. The molecule has 2 aliphatic rings. The molecule has 0 spiro atoms. The fourth-order valence-corrected chi connectivity index (χ4v) is 3.85. The minimum atomic E-state index is -0.347. The number of nitrogens with one attached hydrogen (secondary N) is 2. The number of hydrogen-bond acceptors (Lipinski definition) is 8. The molecule has 0 radical (unpaired) electrons. The van der Waals surface area contributed by atoms with Gasteiger partial charge in [-0.2, -0.15) is 0 Å². The van der Waals surface area contributed by atoms with E-state index in [1.807, 2.05) is 0 Å². The van der Waals surface area contributed by atoms with E-state index in [1.165, 1.54) is 11.8 Å². The number of anilines is 2. The van der Waals surface area contributed by atoms with Crippen LogP contribution in [0.25, 0.3) is 0 Å². The highest BCUT2D eigenvalue weighted by Crippen LogP contribution is 2.36. The Kier molecular flexibility index (Phi) is 5.16. The highest BCUT2D eigenvalue weighted by Gasteiger charge is 2.28. The van der Waals surface area contributed by atoms with Crippen LogP contribution in [0, 0.1) is 0 Å². The molecule has 158 valence electrons. The van der Waals surface area contributed by atoms with Crippen LogP contribution < -0.4 is 20.1 Å². The van der Waals surface area contributed by atoms with Gasteiger partial charge in [-0.05, 0) is 47.5 Å². The van der Waals surface area contributed by atoms with Crippen LogP contribution in [0.2, 0.25) is 0 Å². The quantitative estimate of drug-likeness (QED) is 0.540. The minimum Gasteiger partial charge on any atom is -0.454 e. The Balaban J connectivity index is 1.23. The molecule has 1 saturated carbocycles. The zero-order chi connectivity index (χ0) is 21.2. The van der Waals surface area contributed by atoms with Crippen LogP contribution in [0.5, 0.6) is 11.5 Å². The second-order valence-electron chi connectivity index (χ2n) is 7.04. The predicted molar refractivity (Wildman–Crippen MR) is 112 cm³/mol. The summed E-state index contributed by atoms with van der Waals surface area (Å²) < 4.78 is 12.4. The molecule has 0 bridgehead atoms. The lowest BCUT2D eigenvalue weighted by molar-refractivity contribution is -0.113. The number of para-hydroxylation sites is 1. The number of nitrogens with zero attached hydrogens (tertiary/aromatic N) is 4. The highest BCUT2D eigenvalue weighted by molar-refractivity contribution is 7.99. The van der Waals surface area contributed by atoms with Crippen molar-refractivity contribution in [3.8, 4) is 11.5 Å². The van der Waals surface area contributed by atoms with Gasteiger partial charge in [0.2, 0.25) is 17.9 Å². The molecular formula is C20H18N6O4S. The molecule has 2 aromatic carbocycles. The lowest BCUT2D eigenvalue weighted by Crippen LogP contribution is -2.19. The van der Waals surface area contributed by atoms with Gasteiger partial charge in [-0.3, -0.25) is 9.59 Å². The Morgan fingerprint density at radius 3 is 2.81 bits per heavy atom. The maximum Gasteiger partial charge on any atom is 0.257 e. The third-order valence-electron chi connectivity index (χ3n) is 4.76. The summed E-state index contributed by atoms with van der Waals surface area (Å²) in [7, 11) is 0. The number of rotatable bonds is 7. The fourth-order valence-electron chi connectivity index (χ4n) is 3.11. The minimum absolute atomic E-state index is 0.130. The van der Waals surface area contributed by atoms with E-state index < -0.39 is 0 Å². The van der Waals surface area contributed by atoms with Gasteiger partial charge in [-0.15, -0.1) is 5.10 Å². The Hall–Kier alpha value is -3.60. The van der Waals surface area contributed by atoms with Gasteiger partial charge in [-0.1, -0.05) is 23.9 Å². The molecule has 1 aliphatic heterocycles. The van der Waals surface area contributed by atoms with Crippen LogP contribution in [0.3, 0.4) is 0 Å². The summed E-state index contributed by atoms with van der Waals surface area (Å²) in [5.41, 5.74) is 1.34. The number of amides is 2. The van der Waals surface area contributed by atoms with E-state index >= 15 is 0 Å². The van der Waals surface area contributed by atoms with Crippen LogP contribution >= 0.6 is 11.8 Å². The SMILES string of the molecule is O=C(CSc1nnnn1C1CC1)Nc1ccccc1C(=O)Nc1ccc2c(c1)OCO2. The number of benzene rings is 2. The molecule has 5 rings (SSSR count). The number of aromatic nitrogens is 4. The summed E-state index contributed by atoms with van der Waals surface area (Å²) in [5.74, 6) is 0.741. The Morgan fingerprint density at radius 1 is 1.10 bits per heavy atom. The molecule has 0 atom stereocenters. The zero-order valence-corrected chi connectivity index (χ0v) is 17.1. The van der Waals surface area contributed by atoms with E-state index in [1.54, 1.807) is 47.1 Å². The van der Waals surface area contributed by atoms with E-state index in [2.05, 4.69) is 26.2 Å². The third-order valence-corrected chi connectivity index (χ3v) is 5.70. The first-order valence-corrected chi connectivity index (χ1v) is 10.7. The number of fused-ring (bicyclic) bond motifs is 1. The normalized spacial score (nSPS) is 14.3. The molecular weight excluding hydrogens is 420 g/mol. The van der Waals surface area contributed by atoms with Gasteiger partial charge < -0.3 is 20.1 Å². The monoisotopic (exact) mass is 438 g/mol. The summed E-state index contributed by atoms with van der Waals surface area (Å²) in [4.78, 5) is 25.3. The van der Waals surface area contributed by atoms with Crippen molar-refractivity contribution in [3.05, 3.63) is 48.0 Å². The number of hydrogen-bond donors (Lipinski definition) is 2. The molecule has 11 heteroatoms. The summed E-state index contributed by atoms with van der Waals surface area (Å²) in [6.45, 7) is 0.159. The largest absolute Gasteiger partial charge is 0.454 e. The van der Waals surface area contributed by atoms with Crippen LogP contribution in [0.1, 0.15) is 29.2 Å². The molecule has 10 nitrogen and oxygen atoms in total. The molecule has 31 heavy (non-hydrogen) atoms. The molecule has 3 aromatic rings. The van der Waals surface area contributed by atoms with E-state index in [-0.39, 0.29) is 24.4 Å². The van der Waals surface area contributed by atoms with Crippen LogP contribution in [0.15, 0.2) is 47.6 Å². The van der Waals surface area contributed by atoms with Gasteiger partial charge in [-0.25, -0.2) is 4.68 Å². The maximum atomic E-state index is 12.8. The fraction of sp³-hybridized carbons (Fsp3) is 0.250. The van der Waals surface area contributed by atoms with Gasteiger partial charge in [0.25, 0.3) is 5.91 Å². The second-order valence-corrected chi connectivity index (χ2v) is 7.98. The lowest BCUT2D eigenvalue weighted by atomic mass is 10.1. The number of tetrazole rings is 1. The standard InChI is InChI=1S/C20H18N6O4S/c27-18(10-31-20-23-24-25-26(20)13-6-7-13)22-15-4-2-1-3-14(15)19(28)21-12-5-8-16-17(9-12)30-11-29-16/h1-5,8-9,13H,6-7,10-11H2,(H,21,28)(H,22,27). The first-order chi connectivity index (χ1) is 15.2. The van der Waals surface area contributed by atoms with Crippen molar-refractivity contribution >= 4 is 35.0 Å². The third kappa shape index (κ3) is 4.31. The molecule has 2 amide bonds. The highest BCUT2D eigenvalue weighted by atomic mass is 32.2. The molecule has 1 aromatic heterocycles. The Morgan fingerprint density at radius 2 is 1.94 bits per heavy atom. The average molecular weight is 438 g/mol. The van der Waals surface area contributed by atoms with Gasteiger partial charge >= 0.3 is 0 Å². The number of ether oxygens (including phenoxy) is 2. The van der Waals surface area contributed by atoms with E-state index in [0.717, 1.165) is 12.8 Å². The summed E-state index contributed by atoms with van der Waals surface area (Å²) in [6, 6.07) is 12.3. The zero-order valence-electron chi connectivity index (χ0n) is 16.3. The second kappa shape index (κ2) is 8.26. The average Bonchev–Trinajstić information content (AvgIpc) is 3.32. The van der Waals surface area contributed by atoms with Crippen LogP contribution in [-0.4, -0.2) is 44.6 Å². The maximum absolute atomic E-state index is 12.8. The Bertz CT molecular complexity index is 1150. The molecule has 1 aliphatic carbocycles. The van der Waals surface area contributed by atoms with E-state index in [4.69, 9.17) is 9.47 Å². The topological polar surface area (TPSA) is 120 Å². The number of carbonyl (C=O) groups is 2. The first kappa shape index (κ1) is 19.4. The van der Waals surface area contributed by atoms with Crippen LogP contribution in [-0.2, 0) is 4.79 Å². The van der Waals surface area contributed by atoms with Gasteiger partial charge in [0.05, 0.1) is 23.0 Å². The van der Waals surface area contributed by atoms with E-state index in [9.17, 15) is 9.59 Å². The molecule has 2 heterocycles. The van der Waals surface area contributed by atoms with Crippen molar-refractivity contribution in [2.45, 2.75) is 24.0 Å². The predicted octanol–water partition coefficient (Wildman–Crippen LogP) is 2.72. The summed E-state index contributed by atoms with van der Waals surface area (Å²) >= 11 is 1.27.